The van der Waals surface area contributed by atoms with Gasteiger partial charge >= 0.3 is 0 Å². The molecule has 0 spiro atoms. The van der Waals surface area contributed by atoms with Crippen LogP contribution < -0.4 is 10.5 Å². The van der Waals surface area contributed by atoms with Crippen LogP contribution in [-0.2, 0) is 13.0 Å². The molecule has 0 saturated carbocycles. The molecule has 4 heteroatoms. The summed E-state index contributed by atoms with van der Waals surface area (Å²) in [7, 11) is 0. The summed E-state index contributed by atoms with van der Waals surface area (Å²) >= 11 is 7.05. The molecule has 0 saturated heterocycles. The van der Waals surface area contributed by atoms with E-state index in [4.69, 9.17) is 10.5 Å². The molecule has 0 fully saturated rings. The summed E-state index contributed by atoms with van der Waals surface area (Å²) in [4.78, 5) is 0. The zero-order valence-electron chi connectivity index (χ0n) is 12.0. The maximum absolute atomic E-state index is 6.04. The highest BCUT2D eigenvalue weighted by molar-refractivity contribution is 9.10. The van der Waals surface area contributed by atoms with Crippen LogP contribution in [0.4, 0.5) is 0 Å². The fourth-order valence-electron chi connectivity index (χ4n) is 2.02. The van der Waals surface area contributed by atoms with Crippen LogP contribution >= 0.6 is 31.9 Å². The Morgan fingerprint density at radius 1 is 1.14 bits per heavy atom. The lowest BCUT2D eigenvalue weighted by molar-refractivity contribution is 0.305. The largest absolute Gasteiger partial charge is 0.489 e. The van der Waals surface area contributed by atoms with E-state index in [1.807, 2.05) is 24.3 Å². The van der Waals surface area contributed by atoms with E-state index in [-0.39, 0.29) is 6.04 Å². The molecule has 0 amide bonds. The lowest BCUT2D eigenvalue weighted by Gasteiger charge is -2.13. The quantitative estimate of drug-likeness (QED) is 0.718. The summed E-state index contributed by atoms with van der Waals surface area (Å²) < 4.78 is 8.02. The first kappa shape index (κ1) is 16.5. The lowest BCUT2D eigenvalue weighted by atomic mass is 10.0. The highest BCUT2D eigenvalue weighted by atomic mass is 79.9. The van der Waals surface area contributed by atoms with Crippen LogP contribution in [0, 0.1) is 0 Å². The smallest absolute Gasteiger partial charge is 0.120 e. The first-order chi connectivity index (χ1) is 10.1. The molecule has 2 N–H and O–H groups in total. The second-order valence-corrected chi connectivity index (χ2v) is 6.81. The van der Waals surface area contributed by atoms with E-state index in [9.17, 15) is 0 Å². The minimum atomic E-state index is 0.182. The number of halogens is 2. The molecule has 1 atom stereocenters. The predicted octanol–water partition coefficient (Wildman–Crippen LogP) is 5.07. The van der Waals surface area contributed by atoms with Crippen molar-refractivity contribution in [3.05, 3.63) is 62.5 Å². The van der Waals surface area contributed by atoms with Gasteiger partial charge in [-0.2, -0.15) is 0 Å². The second kappa shape index (κ2) is 7.97. The molecule has 0 aliphatic carbocycles. The summed E-state index contributed by atoms with van der Waals surface area (Å²) in [5.41, 5.74) is 8.37. The zero-order chi connectivity index (χ0) is 15.2. The van der Waals surface area contributed by atoms with Crippen LogP contribution in [0.5, 0.6) is 5.75 Å². The highest BCUT2D eigenvalue weighted by Gasteiger charge is 2.07. The van der Waals surface area contributed by atoms with Gasteiger partial charge in [-0.05, 0) is 54.3 Å². The molecule has 0 radical (unpaired) electrons. The molecule has 0 bridgehead atoms. The maximum atomic E-state index is 6.04. The van der Waals surface area contributed by atoms with Gasteiger partial charge in [-0.25, -0.2) is 0 Å². The summed E-state index contributed by atoms with van der Waals surface area (Å²) in [6.45, 7) is 2.66. The van der Waals surface area contributed by atoms with Gasteiger partial charge in [-0.3, -0.25) is 0 Å². The summed E-state index contributed by atoms with van der Waals surface area (Å²) in [5, 5.41) is 0. The van der Waals surface area contributed by atoms with Crippen molar-refractivity contribution in [1.82, 2.24) is 0 Å². The molecular weight excluding hydrogens is 394 g/mol. The third-order valence-corrected chi connectivity index (χ3v) is 4.59. The maximum Gasteiger partial charge on any atom is 0.120 e. The van der Waals surface area contributed by atoms with Crippen LogP contribution in [0.3, 0.4) is 0 Å². The van der Waals surface area contributed by atoms with Crippen molar-refractivity contribution in [2.45, 2.75) is 32.4 Å². The molecule has 2 rings (SSSR count). The normalized spacial score (nSPS) is 12.2. The standard InChI is InChI=1S/C17H19Br2NO/c1-2-15(20)9-13-10-16(6-7-17(13)19)21-11-12-4-3-5-14(18)8-12/h3-8,10,15H,2,9,11,20H2,1H3. The number of hydrogen-bond donors (Lipinski definition) is 1. The highest BCUT2D eigenvalue weighted by Crippen LogP contribution is 2.25. The van der Waals surface area contributed by atoms with Crippen molar-refractivity contribution in [3.63, 3.8) is 0 Å². The Labute approximate surface area is 143 Å². The number of rotatable bonds is 6. The third-order valence-electron chi connectivity index (χ3n) is 3.32. The van der Waals surface area contributed by atoms with E-state index in [0.29, 0.717) is 6.61 Å². The van der Waals surface area contributed by atoms with Gasteiger partial charge in [0.25, 0.3) is 0 Å². The molecule has 1 unspecified atom stereocenters. The molecule has 0 aromatic heterocycles. The van der Waals surface area contributed by atoms with Crippen LogP contribution in [0.15, 0.2) is 51.4 Å². The number of nitrogens with two attached hydrogens (primary N) is 1. The molecular formula is C17H19Br2NO. The van der Waals surface area contributed by atoms with Gasteiger partial charge in [0.1, 0.15) is 12.4 Å². The molecule has 2 nitrogen and oxygen atoms in total. The van der Waals surface area contributed by atoms with Gasteiger partial charge in [0.05, 0.1) is 0 Å². The molecule has 0 aliphatic heterocycles. The monoisotopic (exact) mass is 411 g/mol. The number of ether oxygens (including phenoxy) is 1. The van der Waals surface area contributed by atoms with Crippen molar-refractivity contribution < 1.29 is 4.74 Å². The Bertz CT molecular complexity index is 601. The fraction of sp³-hybridized carbons (Fsp3) is 0.294. The van der Waals surface area contributed by atoms with Gasteiger partial charge in [-0.1, -0.05) is 50.9 Å². The summed E-state index contributed by atoms with van der Waals surface area (Å²) in [5.74, 6) is 0.872. The van der Waals surface area contributed by atoms with Gasteiger partial charge in [-0.15, -0.1) is 0 Å². The average Bonchev–Trinajstić information content (AvgIpc) is 2.48. The molecule has 0 aliphatic rings. The van der Waals surface area contributed by atoms with Crippen LogP contribution in [0.2, 0.25) is 0 Å². The topological polar surface area (TPSA) is 35.2 Å². The second-order valence-electron chi connectivity index (χ2n) is 5.04. The molecule has 112 valence electrons. The van der Waals surface area contributed by atoms with E-state index in [0.717, 1.165) is 33.1 Å². The summed E-state index contributed by atoms with van der Waals surface area (Å²) in [6.07, 6.45) is 1.82. The predicted molar refractivity (Wildman–Crippen MR) is 94.6 cm³/mol. The average molecular weight is 413 g/mol. The van der Waals surface area contributed by atoms with Crippen molar-refractivity contribution in [2.24, 2.45) is 5.73 Å². The van der Waals surface area contributed by atoms with E-state index in [2.05, 4.69) is 57.0 Å². The van der Waals surface area contributed by atoms with E-state index < -0.39 is 0 Å². The number of benzene rings is 2. The minimum absolute atomic E-state index is 0.182. The first-order valence-electron chi connectivity index (χ1n) is 6.99. The van der Waals surface area contributed by atoms with Crippen LogP contribution in [-0.4, -0.2) is 6.04 Å². The Morgan fingerprint density at radius 2 is 1.95 bits per heavy atom. The minimum Gasteiger partial charge on any atom is -0.489 e. The van der Waals surface area contributed by atoms with Crippen LogP contribution in [0.1, 0.15) is 24.5 Å². The Kier molecular flexibility index (Phi) is 6.27. The Morgan fingerprint density at radius 3 is 2.67 bits per heavy atom. The van der Waals surface area contributed by atoms with Gasteiger partial charge < -0.3 is 10.5 Å². The first-order valence-corrected chi connectivity index (χ1v) is 8.58. The van der Waals surface area contributed by atoms with Gasteiger partial charge in [0, 0.05) is 15.0 Å². The molecule has 2 aromatic rings. The van der Waals surface area contributed by atoms with Crippen molar-refractivity contribution >= 4 is 31.9 Å². The van der Waals surface area contributed by atoms with Gasteiger partial charge in [0.15, 0.2) is 0 Å². The molecule has 0 heterocycles. The molecule has 2 aromatic carbocycles. The summed E-state index contributed by atoms with van der Waals surface area (Å²) in [6, 6.07) is 14.4. The van der Waals surface area contributed by atoms with E-state index >= 15 is 0 Å². The lowest BCUT2D eigenvalue weighted by Crippen LogP contribution is -2.21. The van der Waals surface area contributed by atoms with E-state index in [1.165, 1.54) is 5.56 Å². The van der Waals surface area contributed by atoms with Crippen molar-refractivity contribution in [2.75, 3.05) is 0 Å². The Hall–Kier alpha value is -0.840. The SMILES string of the molecule is CCC(N)Cc1cc(OCc2cccc(Br)c2)ccc1Br. The third kappa shape index (κ3) is 5.13. The van der Waals surface area contributed by atoms with Gasteiger partial charge in [0.2, 0.25) is 0 Å². The molecule has 21 heavy (non-hydrogen) atoms. The van der Waals surface area contributed by atoms with Crippen LogP contribution in [0.25, 0.3) is 0 Å². The van der Waals surface area contributed by atoms with Crippen molar-refractivity contribution in [3.8, 4) is 5.75 Å². The van der Waals surface area contributed by atoms with Crippen molar-refractivity contribution in [1.29, 1.82) is 0 Å². The van der Waals surface area contributed by atoms with E-state index in [1.54, 1.807) is 0 Å². The fourth-order valence-corrected chi connectivity index (χ4v) is 2.87. The number of hydrogen-bond acceptors (Lipinski definition) is 2. The zero-order valence-corrected chi connectivity index (χ0v) is 15.2. The Balaban J connectivity index is 2.05.